The summed E-state index contributed by atoms with van der Waals surface area (Å²) < 4.78 is 1.38. The molecule has 0 unspecified atom stereocenters. The van der Waals surface area contributed by atoms with Gasteiger partial charge >= 0.3 is 0 Å². The Hall–Kier alpha value is -3.06. The fourth-order valence-corrected chi connectivity index (χ4v) is 3.81. The van der Waals surface area contributed by atoms with Crippen LogP contribution in [0.4, 0.5) is 0 Å². The molecule has 1 amide bonds. The van der Waals surface area contributed by atoms with E-state index in [1.54, 1.807) is 6.07 Å². The van der Waals surface area contributed by atoms with E-state index in [9.17, 15) is 9.59 Å². The number of carbonyl (C=O) groups excluding carboxylic acids is 1. The Morgan fingerprint density at radius 2 is 1.79 bits per heavy atom. The molecule has 0 saturated carbocycles. The van der Waals surface area contributed by atoms with Crippen molar-refractivity contribution < 1.29 is 4.79 Å². The fraction of sp³-hybridized carbons (Fsp3) is 0.364. The maximum atomic E-state index is 13.3. The van der Waals surface area contributed by atoms with E-state index in [2.05, 4.69) is 15.0 Å². The van der Waals surface area contributed by atoms with E-state index in [4.69, 9.17) is 0 Å². The van der Waals surface area contributed by atoms with E-state index in [-0.39, 0.29) is 11.5 Å². The Kier molecular flexibility index (Phi) is 5.67. The number of aryl methyl sites for hydroxylation is 1. The molecule has 4 rings (SSSR count). The highest BCUT2D eigenvalue weighted by Crippen LogP contribution is 2.17. The van der Waals surface area contributed by atoms with Crippen molar-refractivity contribution in [3.05, 3.63) is 70.4 Å². The lowest BCUT2D eigenvalue weighted by Gasteiger charge is -2.22. The minimum atomic E-state index is -0.156. The highest BCUT2D eigenvalue weighted by molar-refractivity contribution is 6.04. The van der Waals surface area contributed by atoms with E-state index in [0.29, 0.717) is 36.1 Å². The molecule has 0 N–H and O–H groups in total. The maximum Gasteiger partial charge on any atom is 0.274 e. The average molecular weight is 391 g/mol. The van der Waals surface area contributed by atoms with Gasteiger partial charge in [-0.25, -0.2) is 4.68 Å². The van der Waals surface area contributed by atoms with Gasteiger partial charge in [-0.3, -0.25) is 19.5 Å². The average Bonchev–Trinajstić information content (AvgIpc) is 3.00. The SMILES string of the molecule is CCn1nc(C(=O)N2CCCN(Cc3ccccn3)CC2)c2ccccc2c1=O. The Labute approximate surface area is 169 Å². The third kappa shape index (κ3) is 4.05. The second-order valence-electron chi connectivity index (χ2n) is 7.26. The lowest BCUT2D eigenvalue weighted by Crippen LogP contribution is -2.37. The van der Waals surface area contributed by atoms with Crippen LogP contribution in [0.3, 0.4) is 0 Å². The quantitative estimate of drug-likeness (QED) is 0.682. The van der Waals surface area contributed by atoms with Crippen LogP contribution in [0, 0.1) is 0 Å². The van der Waals surface area contributed by atoms with Gasteiger partial charge < -0.3 is 4.90 Å². The van der Waals surface area contributed by atoms with Gasteiger partial charge in [-0.15, -0.1) is 0 Å². The molecule has 29 heavy (non-hydrogen) atoms. The van der Waals surface area contributed by atoms with Crippen LogP contribution in [0.5, 0.6) is 0 Å². The Morgan fingerprint density at radius 1 is 1.00 bits per heavy atom. The number of rotatable bonds is 4. The topological polar surface area (TPSA) is 71.3 Å². The monoisotopic (exact) mass is 391 g/mol. The smallest absolute Gasteiger partial charge is 0.274 e. The molecule has 7 nitrogen and oxygen atoms in total. The molecular weight excluding hydrogens is 366 g/mol. The van der Waals surface area contributed by atoms with Gasteiger partial charge in [0.25, 0.3) is 11.5 Å². The van der Waals surface area contributed by atoms with Gasteiger partial charge in [-0.1, -0.05) is 24.3 Å². The van der Waals surface area contributed by atoms with E-state index < -0.39 is 0 Å². The van der Waals surface area contributed by atoms with Crippen LogP contribution >= 0.6 is 0 Å². The number of carbonyl (C=O) groups is 1. The number of amides is 1. The number of benzene rings is 1. The Balaban J connectivity index is 1.56. The van der Waals surface area contributed by atoms with Crippen molar-refractivity contribution in [1.29, 1.82) is 0 Å². The van der Waals surface area contributed by atoms with Gasteiger partial charge in [0, 0.05) is 50.9 Å². The van der Waals surface area contributed by atoms with Gasteiger partial charge in [0.05, 0.1) is 11.1 Å². The third-order valence-electron chi connectivity index (χ3n) is 5.36. The summed E-state index contributed by atoms with van der Waals surface area (Å²) in [5.41, 5.74) is 1.24. The molecule has 1 aliphatic heterocycles. The lowest BCUT2D eigenvalue weighted by molar-refractivity contribution is 0.0754. The molecule has 1 saturated heterocycles. The minimum absolute atomic E-state index is 0.108. The van der Waals surface area contributed by atoms with Gasteiger partial charge in [0.2, 0.25) is 0 Å². The molecule has 0 spiro atoms. The standard InChI is InChI=1S/C22H25N5O2/c1-2-27-21(28)19-10-4-3-9-18(19)20(24-27)22(29)26-13-7-12-25(14-15-26)16-17-8-5-6-11-23-17/h3-6,8-11H,2,7,12-16H2,1H3. The van der Waals surface area contributed by atoms with Crippen LogP contribution in [0.1, 0.15) is 29.5 Å². The maximum absolute atomic E-state index is 13.3. The van der Waals surface area contributed by atoms with Crippen molar-refractivity contribution in [3.8, 4) is 0 Å². The molecule has 0 atom stereocenters. The highest BCUT2D eigenvalue weighted by Gasteiger charge is 2.24. The van der Waals surface area contributed by atoms with Crippen molar-refractivity contribution in [2.45, 2.75) is 26.4 Å². The zero-order valence-corrected chi connectivity index (χ0v) is 16.6. The number of hydrogen-bond acceptors (Lipinski definition) is 5. The van der Waals surface area contributed by atoms with Crippen LogP contribution in [0.2, 0.25) is 0 Å². The van der Waals surface area contributed by atoms with Crippen molar-refractivity contribution in [3.63, 3.8) is 0 Å². The van der Waals surface area contributed by atoms with E-state index in [0.717, 1.165) is 31.7 Å². The largest absolute Gasteiger partial charge is 0.336 e. The normalized spacial score (nSPS) is 15.4. The van der Waals surface area contributed by atoms with Gasteiger partial charge in [0.15, 0.2) is 5.69 Å². The summed E-state index contributed by atoms with van der Waals surface area (Å²) in [5, 5.41) is 5.57. The second-order valence-corrected chi connectivity index (χ2v) is 7.26. The van der Waals surface area contributed by atoms with Crippen molar-refractivity contribution in [2.24, 2.45) is 0 Å². The number of aromatic nitrogens is 3. The predicted molar refractivity (Wildman–Crippen MR) is 112 cm³/mol. The van der Waals surface area contributed by atoms with Crippen LogP contribution in [0.25, 0.3) is 10.8 Å². The number of pyridine rings is 1. The predicted octanol–water partition coefficient (Wildman–Crippen LogP) is 2.16. The lowest BCUT2D eigenvalue weighted by atomic mass is 10.1. The molecule has 3 aromatic rings. The molecule has 1 aliphatic rings. The summed E-state index contributed by atoms with van der Waals surface area (Å²) in [5.74, 6) is -0.108. The van der Waals surface area contributed by atoms with Gasteiger partial charge in [0.1, 0.15) is 0 Å². The molecule has 150 valence electrons. The molecule has 0 aliphatic carbocycles. The van der Waals surface area contributed by atoms with Gasteiger partial charge in [-0.05, 0) is 31.5 Å². The molecule has 0 radical (unpaired) electrons. The van der Waals surface area contributed by atoms with Crippen LogP contribution in [0.15, 0.2) is 53.5 Å². The first kappa shape index (κ1) is 19.3. The summed E-state index contributed by atoms with van der Waals surface area (Å²) in [6.45, 7) is 6.09. The molecule has 1 aromatic carbocycles. The summed E-state index contributed by atoms with van der Waals surface area (Å²) in [4.78, 5) is 34.5. The molecule has 7 heteroatoms. The number of fused-ring (bicyclic) bond motifs is 1. The van der Waals surface area contributed by atoms with Crippen LogP contribution in [-0.4, -0.2) is 56.7 Å². The first-order chi connectivity index (χ1) is 14.2. The number of hydrogen-bond donors (Lipinski definition) is 0. The minimum Gasteiger partial charge on any atom is -0.336 e. The summed E-state index contributed by atoms with van der Waals surface area (Å²) in [7, 11) is 0. The molecule has 0 bridgehead atoms. The first-order valence-electron chi connectivity index (χ1n) is 10.1. The third-order valence-corrected chi connectivity index (χ3v) is 5.36. The van der Waals surface area contributed by atoms with E-state index in [1.807, 2.05) is 54.4 Å². The summed E-state index contributed by atoms with van der Waals surface area (Å²) in [6, 6.07) is 13.2. The Bertz CT molecular complexity index is 1060. The molecule has 2 aromatic heterocycles. The zero-order valence-electron chi connectivity index (χ0n) is 16.6. The van der Waals surface area contributed by atoms with Crippen LogP contribution < -0.4 is 5.56 Å². The molecule has 1 fully saturated rings. The number of nitrogens with zero attached hydrogens (tertiary/aromatic N) is 5. The summed E-state index contributed by atoms with van der Waals surface area (Å²) in [6.07, 6.45) is 2.70. The van der Waals surface area contributed by atoms with Gasteiger partial charge in [-0.2, -0.15) is 5.10 Å². The highest BCUT2D eigenvalue weighted by atomic mass is 16.2. The van der Waals surface area contributed by atoms with E-state index in [1.165, 1.54) is 4.68 Å². The summed E-state index contributed by atoms with van der Waals surface area (Å²) >= 11 is 0. The zero-order chi connectivity index (χ0) is 20.2. The first-order valence-corrected chi connectivity index (χ1v) is 10.1. The second kappa shape index (κ2) is 8.53. The van der Waals surface area contributed by atoms with Crippen molar-refractivity contribution >= 4 is 16.7 Å². The van der Waals surface area contributed by atoms with Crippen LogP contribution in [-0.2, 0) is 13.1 Å². The van der Waals surface area contributed by atoms with E-state index >= 15 is 0 Å². The molecule has 3 heterocycles. The van der Waals surface area contributed by atoms with Crippen molar-refractivity contribution in [2.75, 3.05) is 26.2 Å². The molecular formula is C22H25N5O2. The Morgan fingerprint density at radius 3 is 2.55 bits per heavy atom. The van der Waals surface area contributed by atoms with Crippen molar-refractivity contribution in [1.82, 2.24) is 24.6 Å². The fourth-order valence-electron chi connectivity index (χ4n) is 3.81.